The van der Waals surface area contributed by atoms with Crippen LogP contribution < -0.4 is 4.74 Å². The van der Waals surface area contributed by atoms with Gasteiger partial charge in [0.15, 0.2) is 0 Å². The zero-order chi connectivity index (χ0) is 19.6. The van der Waals surface area contributed by atoms with Crippen molar-refractivity contribution in [3.63, 3.8) is 0 Å². The predicted octanol–water partition coefficient (Wildman–Crippen LogP) is 4.17. The van der Waals surface area contributed by atoms with Gasteiger partial charge >= 0.3 is 12.1 Å². The summed E-state index contributed by atoms with van der Waals surface area (Å²) in [6.45, 7) is 7.76. The summed E-state index contributed by atoms with van der Waals surface area (Å²) < 4.78 is 16.9. The lowest BCUT2D eigenvalue weighted by Crippen LogP contribution is -2.50. The molecule has 0 saturated carbocycles. The Balaban J connectivity index is 1.68. The Morgan fingerprint density at radius 3 is 2.33 bits per heavy atom. The first-order valence-electron chi connectivity index (χ1n) is 9.72. The van der Waals surface area contributed by atoms with E-state index in [4.69, 9.17) is 14.2 Å². The third kappa shape index (κ3) is 4.54. The van der Waals surface area contributed by atoms with Gasteiger partial charge in [-0.15, -0.1) is 0 Å². The third-order valence-electron chi connectivity index (χ3n) is 4.97. The minimum Gasteiger partial charge on any atom is -0.489 e. The zero-order valence-electron chi connectivity index (χ0n) is 16.6. The lowest BCUT2D eigenvalue weighted by Gasteiger charge is -2.39. The SMILES string of the molecule is CCOC(=O)c1ccccc1O[C@H]1C[C@H]2CC[C@@H](C1)N2C(=O)OC(C)(C)C. The molecule has 6 nitrogen and oxygen atoms in total. The molecule has 1 aromatic carbocycles. The number of esters is 1. The van der Waals surface area contributed by atoms with Crippen LogP contribution in [0.2, 0.25) is 0 Å². The molecule has 6 heteroatoms. The number of piperidine rings is 1. The predicted molar refractivity (Wildman–Crippen MR) is 101 cm³/mol. The molecule has 148 valence electrons. The first-order chi connectivity index (χ1) is 12.8. The fourth-order valence-electron chi connectivity index (χ4n) is 3.96. The van der Waals surface area contributed by atoms with Gasteiger partial charge < -0.3 is 19.1 Å². The standard InChI is InChI=1S/C21H29NO5/c1-5-25-19(23)17-8-6-7-9-18(17)26-16-12-14-10-11-15(13-16)22(14)20(24)27-21(2,3)4/h6-9,14-16H,5,10-13H2,1-4H3/t14-,15+,16+. The molecule has 27 heavy (non-hydrogen) atoms. The quantitative estimate of drug-likeness (QED) is 0.739. The Morgan fingerprint density at radius 2 is 1.74 bits per heavy atom. The van der Waals surface area contributed by atoms with Gasteiger partial charge in [0, 0.05) is 24.9 Å². The van der Waals surface area contributed by atoms with Gasteiger partial charge in [0.05, 0.1) is 6.61 Å². The summed E-state index contributed by atoms with van der Waals surface area (Å²) in [6.07, 6.45) is 3.14. The van der Waals surface area contributed by atoms with Crippen molar-refractivity contribution in [2.75, 3.05) is 6.61 Å². The molecule has 0 spiro atoms. The maximum atomic E-state index is 12.6. The number of rotatable bonds is 4. The maximum Gasteiger partial charge on any atom is 0.410 e. The van der Waals surface area contributed by atoms with Gasteiger partial charge in [0.2, 0.25) is 0 Å². The average molecular weight is 375 g/mol. The number of carbonyl (C=O) groups is 2. The highest BCUT2D eigenvalue weighted by Gasteiger charge is 2.45. The largest absolute Gasteiger partial charge is 0.489 e. The zero-order valence-corrected chi connectivity index (χ0v) is 16.6. The van der Waals surface area contributed by atoms with Crippen LogP contribution in [0.4, 0.5) is 4.79 Å². The smallest absolute Gasteiger partial charge is 0.410 e. The molecule has 3 rings (SSSR count). The lowest BCUT2D eigenvalue weighted by molar-refractivity contribution is -0.00718. The molecule has 0 aromatic heterocycles. The Labute approximate surface area is 160 Å². The van der Waals surface area contributed by atoms with Gasteiger partial charge in [-0.05, 0) is 52.7 Å². The van der Waals surface area contributed by atoms with E-state index in [-0.39, 0.29) is 30.3 Å². The molecular weight excluding hydrogens is 346 g/mol. The fraction of sp³-hybridized carbons (Fsp3) is 0.619. The van der Waals surface area contributed by atoms with Crippen molar-refractivity contribution in [1.29, 1.82) is 0 Å². The molecule has 0 aliphatic carbocycles. The van der Waals surface area contributed by atoms with Crippen molar-refractivity contribution < 1.29 is 23.8 Å². The van der Waals surface area contributed by atoms with E-state index in [0.717, 1.165) is 25.7 Å². The number of hydrogen-bond acceptors (Lipinski definition) is 5. The van der Waals surface area contributed by atoms with Gasteiger partial charge in [-0.3, -0.25) is 0 Å². The molecule has 1 amide bonds. The molecule has 2 aliphatic heterocycles. The number of hydrogen-bond donors (Lipinski definition) is 0. The maximum absolute atomic E-state index is 12.6. The molecular formula is C21H29NO5. The highest BCUT2D eigenvalue weighted by atomic mass is 16.6. The van der Waals surface area contributed by atoms with E-state index in [9.17, 15) is 9.59 Å². The number of fused-ring (bicyclic) bond motifs is 2. The van der Waals surface area contributed by atoms with Crippen LogP contribution >= 0.6 is 0 Å². The molecule has 2 heterocycles. The van der Waals surface area contributed by atoms with E-state index in [1.54, 1.807) is 25.1 Å². The van der Waals surface area contributed by atoms with Crippen molar-refractivity contribution in [2.24, 2.45) is 0 Å². The molecule has 2 aliphatic rings. The second-order valence-corrected chi connectivity index (χ2v) is 8.20. The number of amides is 1. The summed E-state index contributed by atoms with van der Waals surface area (Å²) in [5.41, 5.74) is -0.0519. The van der Waals surface area contributed by atoms with Gasteiger partial charge in [-0.1, -0.05) is 12.1 Å². The number of ether oxygens (including phenoxy) is 3. The van der Waals surface area contributed by atoms with E-state index in [1.165, 1.54) is 0 Å². The lowest BCUT2D eigenvalue weighted by atomic mass is 10.00. The van der Waals surface area contributed by atoms with Gasteiger partial charge in [-0.25, -0.2) is 9.59 Å². The number of carbonyl (C=O) groups excluding carboxylic acids is 2. The van der Waals surface area contributed by atoms with Crippen LogP contribution in [-0.2, 0) is 9.47 Å². The van der Waals surface area contributed by atoms with E-state index in [1.807, 2.05) is 31.7 Å². The van der Waals surface area contributed by atoms with Crippen LogP contribution in [0.15, 0.2) is 24.3 Å². The van der Waals surface area contributed by atoms with Crippen molar-refractivity contribution in [3.8, 4) is 5.75 Å². The number of nitrogens with zero attached hydrogens (tertiary/aromatic N) is 1. The fourth-order valence-corrected chi connectivity index (χ4v) is 3.96. The van der Waals surface area contributed by atoms with Crippen LogP contribution in [0.3, 0.4) is 0 Å². The second kappa shape index (κ2) is 7.79. The summed E-state index contributed by atoms with van der Waals surface area (Å²) in [6, 6.07) is 7.42. The molecule has 0 radical (unpaired) electrons. The van der Waals surface area contributed by atoms with Crippen LogP contribution in [0.25, 0.3) is 0 Å². The monoisotopic (exact) mass is 375 g/mol. The molecule has 2 fully saturated rings. The Hall–Kier alpha value is -2.24. The average Bonchev–Trinajstić information content (AvgIpc) is 2.85. The van der Waals surface area contributed by atoms with Crippen molar-refractivity contribution >= 4 is 12.1 Å². The Kier molecular flexibility index (Phi) is 5.63. The number of para-hydroxylation sites is 1. The Bertz CT molecular complexity index is 682. The van der Waals surface area contributed by atoms with E-state index < -0.39 is 5.60 Å². The molecule has 3 atom stereocenters. The minimum atomic E-state index is -0.498. The van der Waals surface area contributed by atoms with Crippen molar-refractivity contribution in [3.05, 3.63) is 29.8 Å². The summed E-state index contributed by atoms with van der Waals surface area (Å²) in [5.74, 6) is 0.174. The summed E-state index contributed by atoms with van der Waals surface area (Å²) >= 11 is 0. The Morgan fingerprint density at radius 1 is 1.11 bits per heavy atom. The van der Waals surface area contributed by atoms with Crippen LogP contribution in [-0.4, -0.2) is 47.4 Å². The van der Waals surface area contributed by atoms with Gasteiger partial charge in [0.1, 0.15) is 23.0 Å². The van der Waals surface area contributed by atoms with Crippen LogP contribution in [0, 0.1) is 0 Å². The van der Waals surface area contributed by atoms with Gasteiger partial charge in [0.25, 0.3) is 0 Å². The molecule has 0 unspecified atom stereocenters. The molecule has 2 saturated heterocycles. The van der Waals surface area contributed by atoms with Crippen LogP contribution in [0.5, 0.6) is 5.75 Å². The molecule has 1 aromatic rings. The third-order valence-corrected chi connectivity index (χ3v) is 4.97. The second-order valence-electron chi connectivity index (χ2n) is 8.20. The van der Waals surface area contributed by atoms with E-state index >= 15 is 0 Å². The van der Waals surface area contributed by atoms with Crippen LogP contribution in [0.1, 0.15) is 63.7 Å². The first kappa shape index (κ1) is 19.5. The summed E-state index contributed by atoms with van der Waals surface area (Å²) in [7, 11) is 0. The summed E-state index contributed by atoms with van der Waals surface area (Å²) in [4.78, 5) is 26.6. The number of benzene rings is 1. The normalized spacial score (nSPS) is 24.4. The molecule has 2 bridgehead atoms. The van der Waals surface area contributed by atoms with Crippen molar-refractivity contribution in [2.45, 2.75) is 77.2 Å². The first-order valence-corrected chi connectivity index (χ1v) is 9.72. The topological polar surface area (TPSA) is 65.1 Å². The molecule has 0 N–H and O–H groups in total. The minimum absolute atomic E-state index is 0.0308. The van der Waals surface area contributed by atoms with E-state index in [2.05, 4.69) is 0 Å². The van der Waals surface area contributed by atoms with Gasteiger partial charge in [-0.2, -0.15) is 0 Å². The van der Waals surface area contributed by atoms with Crippen molar-refractivity contribution in [1.82, 2.24) is 4.90 Å². The van der Waals surface area contributed by atoms with E-state index in [0.29, 0.717) is 17.9 Å². The highest BCUT2D eigenvalue weighted by molar-refractivity contribution is 5.92. The summed E-state index contributed by atoms with van der Waals surface area (Å²) in [5, 5.41) is 0. The highest BCUT2D eigenvalue weighted by Crippen LogP contribution is 2.38.